The number of carboxylic acid groups (broad SMARTS) is 1. The third-order valence-corrected chi connectivity index (χ3v) is 7.86. The van der Waals surface area contributed by atoms with E-state index in [1.165, 1.54) is 43.3 Å². The first kappa shape index (κ1) is 29.0. The van der Waals surface area contributed by atoms with Crippen LogP contribution in [-0.4, -0.2) is 81.6 Å². The van der Waals surface area contributed by atoms with Crippen LogP contribution in [0.1, 0.15) is 58.9 Å². The molecule has 0 saturated carbocycles. The Hall–Kier alpha value is -4.51. The van der Waals surface area contributed by atoms with Crippen LogP contribution in [0.4, 0.5) is 16.3 Å². The minimum atomic E-state index is -1.02. The van der Waals surface area contributed by atoms with E-state index in [0.29, 0.717) is 49.3 Å². The molecular weight excluding hydrogens is 536 g/mol. The summed E-state index contributed by atoms with van der Waals surface area (Å²) in [4.78, 5) is 51.0. The quantitative estimate of drug-likeness (QED) is 0.401. The first-order chi connectivity index (χ1) is 20.4. The lowest BCUT2D eigenvalue weighted by atomic mass is 9.99. The van der Waals surface area contributed by atoms with Crippen molar-refractivity contribution in [1.29, 1.82) is 0 Å². The Balaban J connectivity index is 1.08. The Kier molecular flexibility index (Phi) is 9.28. The SMILES string of the molecule is CCC1CCCCN1Cc1ccc(C(=O)Nc2ccc(OC(=O)N3CCN(c4ccc(C(=O)O)cn4)CC3)nc2)cc1. The fourth-order valence-electron chi connectivity index (χ4n) is 5.42. The van der Waals surface area contributed by atoms with E-state index >= 15 is 0 Å². The summed E-state index contributed by atoms with van der Waals surface area (Å²) in [7, 11) is 0. The predicted molar refractivity (Wildman–Crippen MR) is 158 cm³/mol. The van der Waals surface area contributed by atoms with Gasteiger partial charge in [-0.15, -0.1) is 0 Å². The second-order valence-electron chi connectivity index (χ2n) is 10.6. The smallest absolute Gasteiger partial charge is 0.416 e. The van der Waals surface area contributed by atoms with Crippen LogP contribution in [0.15, 0.2) is 60.9 Å². The number of nitrogens with zero attached hydrogens (tertiary/aromatic N) is 5. The van der Waals surface area contributed by atoms with Gasteiger partial charge in [-0.3, -0.25) is 9.69 Å². The number of nitrogens with one attached hydrogen (secondary N) is 1. The van der Waals surface area contributed by atoms with Gasteiger partial charge in [-0.2, -0.15) is 0 Å². The average molecular weight is 573 g/mol. The van der Waals surface area contributed by atoms with Gasteiger partial charge in [-0.25, -0.2) is 19.6 Å². The summed E-state index contributed by atoms with van der Waals surface area (Å²) in [6, 6.07) is 14.7. The van der Waals surface area contributed by atoms with Crippen molar-refractivity contribution in [3.8, 4) is 5.88 Å². The molecule has 2 fully saturated rings. The van der Waals surface area contributed by atoms with Crippen LogP contribution in [0, 0.1) is 0 Å². The van der Waals surface area contributed by atoms with E-state index in [9.17, 15) is 14.4 Å². The van der Waals surface area contributed by atoms with Gasteiger partial charge in [0.25, 0.3) is 5.91 Å². The summed E-state index contributed by atoms with van der Waals surface area (Å²) in [6.07, 6.45) is 7.23. The Morgan fingerprint density at radius 2 is 1.67 bits per heavy atom. The number of hydrogen-bond acceptors (Lipinski definition) is 8. The minimum absolute atomic E-state index is 0.126. The minimum Gasteiger partial charge on any atom is -0.478 e. The van der Waals surface area contributed by atoms with Crippen molar-refractivity contribution in [2.24, 2.45) is 0 Å². The molecular formula is C31H36N6O5. The molecule has 2 saturated heterocycles. The first-order valence-corrected chi connectivity index (χ1v) is 14.4. The molecule has 2 N–H and O–H groups in total. The molecule has 1 atom stereocenters. The first-order valence-electron chi connectivity index (χ1n) is 14.4. The maximum atomic E-state index is 12.8. The number of aromatic carboxylic acids is 1. The predicted octanol–water partition coefficient (Wildman–Crippen LogP) is 4.51. The molecule has 2 amide bonds. The van der Waals surface area contributed by atoms with Gasteiger partial charge in [0, 0.05) is 56.6 Å². The van der Waals surface area contributed by atoms with E-state index < -0.39 is 12.1 Å². The Morgan fingerprint density at radius 1 is 0.905 bits per heavy atom. The van der Waals surface area contributed by atoms with Crippen molar-refractivity contribution >= 4 is 29.5 Å². The third-order valence-electron chi connectivity index (χ3n) is 7.86. The molecule has 1 aromatic carbocycles. The molecule has 11 heteroatoms. The molecule has 0 bridgehead atoms. The van der Waals surface area contributed by atoms with Crippen molar-refractivity contribution in [3.63, 3.8) is 0 Å². The van der Waals surface area contributed by atoms with Crippen molar-refractivity contribution < 1.29 is 24.2 Å². The molecule has 42 heavy (non-hydrogen) atoms. The molecule has 0 spiro atoms. The maximum absolute atomic E-state index is 12.8. The Morgan fingerprint density at radius 3 is 2.31 bits per heavy atom. The largest absolute Gasteiger partial charge is 0.478 e. The maximum Gasteiger partial charge on any atom is 0.416 e. The van der Waals surface area contributed by atoms with Crippen LogP contribution < -0.4 is 15.0 Å². The van der Waals surface area contributed by atoms with E-state index in [-0.39, 0.29) is 17.4 Å². The molecule has 220 valence electrons. The third kappa shape index (κ3) is 7.22. The number of benzene rings is 1. The van der Waals surface area contributed by atoms with Crippen LogP contribution in [0.2, 0.25) is 0 Å². The number of anilines is 2. The number of ether oxygens (including phenoxy) is 1. The lowest BCUT2D eigenvalue weighted by Crippen LogP contribution is -2.49. The van der Waals surface area contributed by atoms with E-state index in [1.807, 2.05) is 29.2 Å². The summed E-state index contributed by atoms with van der Waals surface area (Å²) in [6.45, 7) is 6.18. The average Bonchev–Trinajstić information content (AvgIpc) is 3.02. The van der Waals surface area contributed by atoms with Gasteiger partial charge in [0.05, 0.1) is 17.4 Å². The molecule has 11 nitrogen and oxygen atoms in total. The van der Waals surface area contributed by atoms with E-state index in [2.05, 4.69) is 27.1 Å². The highest BCUT2D eigenvalue weighted by Crippen LogP contribution is 2.22. The molecule has 5 rings (SSSR count). The van der Waals surface area contributed by atoms with Crippen molar-refractivity contribution in [2.75, 3.05) is 42.9 Å². The second-order valence-corrected chi connectivity index (χ2v) is 10.6. The number of carbonyl (C=O) groups excluding carboxylic acids is 2. The van der Waals surface area contributed by atoms with Crippen molar-refractivity contribution in [1.82, 2.24) is 19.8 Å². The highest BCUT2D eigenvalue weighted by Gasteiger charge is 2.24. The number of piperidine rings is 1. The van der Waals surface area contributed by atoms with Gasteiger partial charge in [0.2, 0.25) is 5.88 Å². The summed E-state index contributed by atoms with van der Waals surface area (Å²) in [5.74, 6) is -0.462. The highest BCUT2D eigenvalue weighted by atomic mass is 16.6. The summed E-state index contributed by atoms with van der Waals surface area (Å²) in [5, 5.41) is 11.9. The molecule has 1 unspecified atom stereocenters. The fourth-order valence-corrected chi connectivity index (χ4v) is 5.42. The number of pyridine rings is 2. The molecule has 2 aliphatic rings. The van der Waals surface area contributed by atoms with Gasteiger partial charge in [-0.05, 0) is 61.7 Å². The zero-order valence-electron chi connectivity index (χ0n) is 23.7. The Bertz CT molecular complexity index is 1370. The zero-order valence-corrected chi connectivity index (χ0v) is 23.7. The number of piperazine rings is 1. The summed E-state index contributed by atoms with van der Waals surface area (Å²) < 4.78 is 5.43. The van der Waals surface area contributed by atoms with Gasteiger partial charge < -0.3 is 25.0 Å². The summed E-state index contributed by atoms with van der Waals surface area (Å²) in [5.41, 5.74) is 2.39. The van der Waals surface area contributed by atoms with Crippen LogP contribution in [-0.2, 0) is 6.54 Å². The molecule has 4 heterocycles. The number of likely N-dealkylation sites (tertiary alicyclic amines) is 1. The number of hydrogen-bond donors (Lipinski definition) is 2. The fraction of sp³-hybridized carbons (Fsp3) is 0.387. The molecule has 2 aromatic heterocycles. The number of rotatable bonds is 8. The van der Waals surface area contributed by atoms with Crippen molar-refractivity contribution in [3.05, 3.63) is 77.6 Å². The van der Waals surface area contributed by atoms with E-state index in [4.69, 9.17) is 9.84 Å². The normalized spacial score (nSPS) is 17.5. The van der Waals surface area contributed by atoms with E-state index in [0.717, 1.165) is 19.5 Å². The van der Waals surface area contributed by atoms with Gasteiger partial charge in [0.15, 0.2) is 0 Å². The van der Waals surface area contributed by atoms with Crippen LogP contribution >= 0.6 is 0 Å². The monoisotopic (exact) mass is 572 g/mol. The standard InChI is InChI=1S/C31H36N6O5/c1-2-26-5-3-4-14-37(26)21-22-6-8-23(9-7-22)29(38)34-25-11-13-28(33-20-25)42-31(41)36-17-15-35(16-18-36)27-12-10-24(19-32-27)30(39)40/h6-13,19-20,26H,2-5,14-18,21H2,1H3,(H,34,38)(H,39,40). The number of carboxylic acids is 1. The van der Waals surface area contributed by atoms with Crippen LogP contribution in [0.5, 0.6) is 5.88 Å². The number of carbonyl (C=O) groups is 3. The second kappa shape index (κ2) is 13.4. The molecule has 0 radical (unpaired) electrons. The van der Waals surface area contributed by atoms with Gasteiger partial charge in [0.1, 0.15) is 5.82 Å². The zero-order chi connectivity index (χ0) is 29.5. The number of aromatic nitrogens is 2. The van der Waals surface area contributed by atoms with Gasteiger partial charge in [-0.1, -0.05) is 25.5 Å². The Labute approximate surface area is 245 Å². The van der Waals surface area contributed by atoms with Crippen LogP contribution in [0.25, 0.3) is 0 Å². The lowest BCUT2D eigenvalue weighted by molar-refractivity contribution is 0.0696. The topological polar surface area (TPSA) is 128 Å². The van der Waals surface area contributed by atoms with E-state index in [1.54, 1.807) is 23.1 Å². The number of amides is 2. The lowest BCUT2D eigenvalue weighted by Gasteiger charge is -2.35. The highest BCUT2D eigenvalue weighted by molar-refractivity contribution is 6.04. The molecule has 0 aliphatic carbocycles. The molecule has 2 aliphatic heterocycles. The molecule has 3 aromatic rings. The van der Waals surface area contributed by atoms with Crippen molar-refractivity contribution in [2.45, 2.75) is 45.2 Å². The summed E-state index contributed by atoms with van der Waals surface area (Å²) >= 11 is 0. The van der Waals surface area contributed by atoms with Crippen LogP contribution in [0.3, 0.4) is 0 Å². The van der Waals surface area contributed by atoms with Gasteiger partial charge >= 0.3 is 12.1 Å².